The number of carbonyl (C=O) groups excluding carboxylic acids is 1. The van der Waals surface area contributed by atoms with E-state index in [0.717, 1.165) is 50.4 Å². The molecule has 3 heteroatoms. The van der Waals surface area contributed by atoms with Gasteiger partial charge in [0.05, 0.1) is 11.1 Å². The van der Waals surface area contributed by atoms with Crippen LogP contribution in [-0.4, -0.2) is 5.97 Å². The number of fused-ring (bicyclic) bond motifs is 8. The molecule has 35 heavy (non-hydrogen) atoms. The van der Waals surface area contributed by atoms with Gasteiger partial charge >= 0.3 is 5.97 Å². The van der Waals surface area contributed by atoms with Gasteiger partial charge < -0.3 is 9.47 Å². The fourth-order valence-electron chi connectivity index (χ4n) is 5.87. The first-order chi connectivity index (χ1) is 17.1. The Morgan fingerprint density at radius 2 is 1.60 bits per heavy atom. The van der Waals surface area contributed by atoms with Gasteiger partial charge in [0.1, 0.15) is 11.5 Å². The highest BCUT2D eigenvalue weighted by Crippen LogP contribution is 2.57. The van der Waals surface area contributed by atoms with Crippen LogP contribution in [0, 0.1) is 12.8 Å². The van der Waals surface area contributed by atoms with Gasteiger partial charge in [-0.3, -0.25) is 0 Å². The lowest BCUT2D eigenvalue weighted by atomic mass is 9.76. The molecule has 178 valence electrons. The molecule has 1 spiro atoms. The molecule has 0 amide bonds. The summed E-state index contributed by atoms with van der Waals surface area (Å²) in [5.41, 5.74) is 3.31. The van der Waals surface area contributed by atoms with Crippen molar-refractivity contribution in [3.63, 3.8) is 0 Å². The fourth-order valence-corrected chi connectivity index (χ4v) is 5.87. The molecule has 1 unspecified atom stereocenters. The maximum absolute atomic E-state index is 12.9. The van der Waals surface area contributed by atoms with E-state index in [4.69, 9.17) is 9.47 Å². The van der Waals surface area contributed by atoms with Gasteiger partial charge in [-0.2, -0.15) is 0 Å². The van der Waals surface area contributed by atoms with Crippen LogP contribution in [0.2, 0.25) is 0 Å². The topological polar surface area (TPSA) is 35.5 Å². The molecule has 1 fully saturated rings. The van der Waals surface area contributed by atoms with E-state index in [9.17, 15) is 4.79 Å². The highest BCUT2D eigenvalue weighted by Gasteiger charge is 2.54. The minimum atomic E-state index is -1.01. The zero-order valence-corrected chi connectivity index (χ0v) is 20.3. The van der Waals surface area contributed by atoms with Crippen LogP contribution >= 0.6 is 0 Å². The molecule has 3 nitrogen and oxygen atoms in total. The van der Waals surface area contributed by atoms with Crippen LogP contribution in [0.1, 0.15) is 73.1 Å². The van der Waals surface area contributed by atoms with E-state index in [0.29, 0.717) is 5.56 Å². The first-order valence-corrected chi connectivity index (χ1v) is 12.7. The Hall–Kier alpha value is -3.59. The zero-order chi connectivity index (χ0) is 24.0. The maximum Gasteiger partial charge on any atom is 0.340 e. The average Bonchev–Trinajstić information content (AvgIpc) is 3.17. The van der Waals surface area contributed by atoms with Crippen LogP contribution in [0.4, 0.5) is 0 Å². The minimum Gasteiger partial charge on any atom is -0.456 e. The van der Waals surface area contributed by atoms with Gasteiger partial charge in [0.15, 0.2) is 5.60 Å². The Labute approximate surface area is 208 Å². The predicted octanol–water partition coefficient (Wildman–Crippen LogP) is 8.55. The summed E-state index contributed by atoms with van der Waals surface area (Å²) >= 11 is 0. The van der Waals surface area contributed by atoms with Crippen molar-refractivity contribution >= 4 is 16.7 Å². The van der Waals surface area contributed by atoms with Crippen molar-refractivity contribution in [3.05, 3.63) is 107 Å². The molecular formula is C32H32O3. The van der Waals surface area contributed by atoms with E-state index >= 15 is 0 Å². The Bertz CT molecular complexity index is 1440. The molecule has 2 heterocycles. The second-order valence-electron chi connectivity index (χ2n) is 10.1. The van der Waals surface area contributed by atoms with Crippen molar-refractivity contribution in [2.24, 2.45) is 5.92 Å². The molecule has 0 radical (unpaired) electrons. The van der Waals surface area contributed by atoms with Crippen molar-refractivity contribution in [3.8, 4) is 11.5 Å². The summed E-state index contributed by atoms with van der Waals surface area (Å²) in [5, 5.41) is 2.11. The molecule has 2 aliphatic heterocycles. The zero-order valence-electron chi connectivity index (χ0n) is 20.3. The molecular weight excluding hydrogens is 432 g/mol. The van der Waals surface area contributed by atoms with Gasteiger partial charge in [-0.1, -0.05) is 99.7 Å². The van der Waals surface area contributed by atoms with Crippen molar-refractivity contribution in [1.29, 1.82) is 0 Å². The molecule has 4 aromatic rings. The van der Waals surface area contributed by atoms with Gasteiger partial charge in [-0.05, 0) is 47.4 Å². The van der Waals surface area contributed by atoms with E-state index in [2.05, 4.69) is 19.1 Å². The number of carbonyl (C=O) groups is 1. The van der Waals surface area contributed by atoms with Crippen LogP contribution < -0.4 is 4.74 Å². The van der Waals surface area contributed by atoms with Crippen molar-refractivity contribution in [1.82, 2.24) is 0 Å². The summed E-state index contributed by atoms with van der Waals surface area (Å²) in [6, 6.07) is 25.9. The molecule has 4 aromatic carbocycles. The number of hydrogen-bond acceptors (Lipinski definition) is 3. The van der Waals surface area contributed by atoms with Crippen molar-refractivity contribution in [2.75, 3.05) is 0 Å². The average molecular weight is 465 g/mol. The molecule has 1 aliphatic carbocycles. The first kappa shape index (κ1) is 21.9. The molecule has 0 N–H and O–H groups in total. The third kappa shape index (κ3) is 3.53. The third-order valence-electron chi connectivity index (χ3n) is 7.65. The van der Waals surface area contributed by atoms with E-state index in [1.807, 2.05) is 73.7 Å². The van der Waals surface area contributed by atoms with Crippen molar-refractivity contribution < 1.29 is 15.7 Å². The quantitative estimate of drug-likeness (QED) is 0.245. The Balaban J connectivity index is 0.000000291. The van der Waals surface area contributed by atoms with Gasteiger partial charge in [0.2, 0.25) is 0 Å². The highest BCUT2D eigenvalue weighted by molar-refractivity contribution is 5.99. The summed E-state index contributed by atoms with van der Waals surface area (Å²) in [4.78, 5) is 12.9. The molecule has 1 atom stereocenters. The van der Waals surface area contributed by atoms with E-state index < -0.39 is 5.60 Å². The lowest BCUT2D eigenvalue weighted by Crippen LogP contribution is -2.33. The van der Waals surface area contributed by atoms with Gasteiger partial charge in [-0.25, -0.2) is 4.79 Å². The maximum atomic E-state index is 12.9. The number of esters is 1. The number of aryl methyl sites for hydroxylation is 1. The van der Waals surface area contributed by atoms with E-state index in [1.165, 1.54) is 32.1 Å². The minimum absolute atomic E-state index is 0. The summed E-state index contributed by atoms with van der Waals surface area (Å²) in [6.45, 7) is 4.39. The van der Waals surface area contributed by atoms with Crippen LogP contribution in [0.15, 0.2) is 78.9 Å². The molecule has 1 saturated carbocycles. The number of benzene rings is 4. The highest BCUT2D eigenvalue weighted by atomic mass is 16.6. The Morgan fingerprint density at radius 3 is 2.40 bits per heavy atom. The van der Waals surface area contributed by atoms with Crippen LogP contribution in [0.5, 0.6) is 11.5 Å². The predicted molar refractivity (Wildman–Crippen MR) is 141 cm³/mol. The molecule has 0 aromatic heterocycles. The number of ether oxygens (including phenoxy) is 2. The second-order valence-corrected chi connectivity index (χ2v) is 10.1. The second kappa shape index (κ2) is 8.57. The monoisotopic (exact) mass is 464 g/mol. The van der Waals surface area contributed by atoms with Crippen LogP contribution in [0.25, 0.3) is 10.8 Å². The summed E-state index contributed by atoms with van der Waals surface area (Å²) in [6.07, 6.45) is 7.44. The largest absolute Gasteiger partial charge is 0.456 e. The van der Waals surface area contributed by atoms with Gasteiger partial charge in [0.25, 0.3) is 0 Å². The number of hydrogen-bond donors (Lipinski definition) is 0. The fraction of sp³-hybridized carbons (Fsp3) is 0.281. The lowest BCUT2D eigenvalue weighted by molar-refractivity contribution is 0.0229. The number of rotatable bonds is 0. The lowest BCUT2D eigenvalue weighted by Gasteiger charge is -2.37. The Kier molecular flexibility index (Phi) is 5.36. The molecule has 7 rings (SSSR count). The van der Waals surface area contributed by atoms with E-state index in [-0.39, 0.29) is 7.40 Å². The third-order valence-corrected chi connectivity index (χ3v) is 7.65. The summed E-state index contributed by atoms with van der Waals surface area (Å²) < 4.78 is 12.6. The molecule has 0 bridgehead atoms. The summed E-state index contributed by atoms with van der Waals surface area (Å²) in [5.74, 6) is 2.19. The van der Waals surface area contributed by atoms with Crippen molar-refractivity contribution in [2.45, 2.75) is 51.6 Å². The Morgan fingerprint density at radius 1 is 0.829 bits per heavy atom. The van der Waals surface area contributed by atoms with E-state index in [1.54, 1.807) is 0 Å². The van der Waals surface area contributed by atoms with Crippen LogP contribution in [0.3, 0.4) is 0 Å². The molecule has 3 aliphatic rings. The standard InChI is InChI=1S/C25H16O3.C7H14.H2/c1-15-10-12-20-22(14-15)27-21-13-11-16-6-2-3-7-17(16)23(21)25(20)19-9-5-4-8-18(19)24(26)28-25;1-7-5-3-2-4-6-7;/h2-14H,1H3;7H,2-6H2,1H3;1H. The van der Waals surface area contributed by atoms with Gasteiger partial charge in [0, 0.05) is 12.6 Å². The SMILES string of the molecule is CC1CCCCC1.Cc1ccc2c(c1)Oc1ccc3ccccc3c1C21OC(=O)c2ccccc21.[HH]. The smallest absolute Gasteiger partial charge is 0.340 e. The van der Waals surface area contributed by atoms with Gasteiger partial charge in [-0.15, -0.1) is 0 Å². The van der Waals surface area contributed by atoms with Crippen LogP contribution in [-0.2, 0) is 10.3 Å². The molecule has 0 saturated heterocycles. The normalized spacial score (nSPS) is 20.2. The summed E-state index contributed by atoms with van der Waals surface area (Å²) in [7, 11) is 0. The first-order valence-electron chi connectivity index (χ1n) is 12.7.